The highest BCUT2D eigenvalue weighted by atomic mass is 16.2. The predicted octanol–water partition coefficient (Wildman–Crippen LogP) is 2.47. The number of benzene rings is 1. The van der Waals surface area contributed by atoms with Gasteiger partial charge in [-0.2, -0.15) is 0 Å². The molecule has 0 radical (unpaired) electrons. The summed E-state index contributed by atoms with van der Waals surface area (Å²) in [6.07, 6.45) is 2.41. The van der Waals surface area contributed by atoms with Crippen molar-refractivity contribution >= 4 is 11.6 Å². The lowest BCUT2D eigenvalue weighted by Gasteiger charge is -2.08. The minimum Gasteiger partial charge on any atom is -0.384 e. The molecule has 0 atom stereocenters. The average Bonchev–Trinajstić information content (AvgIpc) is 2.36. The van der Waals surface area contributed by atoms with Crippen molar-refractivity contribution in [3.05, 3.63) is 29.3 Å². The molecule has 2 N–H and O–H groups in total. The smallest absolute Gasteiger partial charge is 0.224 e. The van der Waals surface area contributed by atoms with Crippen molar-refractivity contribution in [1.82, 2.24) is 0 Å². The van der Waals surface area contributed by atoms with Gasteiger partial charge in [0.1, 0.15) is 6.61 Å². The average molecular weight is 245 g/mol. The Morgan fingerprint density at radius 1 is 1.44 bits per heavy atom. The lowest BCUT2D eigenvalue weighted by atomic mass is 10.1. The topological polar surface area (TPSA) is 49.3 Å². The van der Waals surface area contributed by atoms with Crippen molar-refractivity contribution in [2.75, 3.05) is 11.9 Å². The minimum atomic E-state index is -0.183. The van der Waals surface area contributed by atoms with Crippen LogP contribution in [-0.2, 0) is 4.79 Å². The molecule has 0 spiro atoms. The molecule has 96 valence electrons. The minimum absolute atomic E-state index is 0.00718. The summed E-state index contributed by atoms with van der Waals surface area (Å²) in [7, 11) is 0. The number of carbonyl (C=O) groups excluding carboxylic acids is 1. The van der Waals surface area contributed by atoms with E-state index in [2.05, 4.69) is 24.1 Å². The summed E-state index contributed by atoms with van der Waals surface area (Å²) in [4.78, 5) is 11.7. The van der Waals surface area contributed by atoms with Crippen LogP contribution < -0.4 is 5.32 Å². The maximum Gasteiger partial charge on any atom is 0.224 e. The van der Waals surface area contributed by atoms with E-state index in [1.54, 1.807) is 0 Å². The summed E-state index contributed by atoms with van der Waals surface area (Å²) < 4.78 is 0. The number of anilines is 1. The van der Waals surface area contributed by atoms with Crippen LogP contribution in [-0.4, -0.2) is 17.6 Å². The Balaban J connectivity index is 2.84. The molecule has 0 aliphatic carbocycles. The van der Waals surface area contributed by atoms with Crippen LogP contribution >= 0.6 is 0 Å². The third kappa shape index (κ3) is 4.60. The van der Waals surface area contributed by atoms with E-state index in [9.17, 15) is 4.79 Å². The number of unbranched alkanes of at least 4 members (excludes halogenated alkanes) is 1. The third-order valence-corrected chi connectivity index (χ3v) is 2.51. The van der Waals surface area contributed by atoms with Crippen molar-refractivity contribution in [1.29, 1.82) is 0 Å². The van der Waals surface area contributed by atoms with E-state index in [1.165, 1.54) is 0 Å². The molecule has 1 aromatic rings. The number of aliphatic hydroxyl groups is 1. The van der Waals surface area contributed by atoms with E-state index in [0.29, 0.717) is 12.1 Å². The molecule has 18 heavy (non-hydrogen) atoms. The van der Waals surface area contributed by atoms with Gasteiger partial charge in [0.05, 0.1) is 5.69 Å². The van der Waals surface area contributed by atoms with Crippen LogP contribution in [0.2, 0.25) is 0 Å². The van der Waals surface area contributed by atoms with Crippen molar-refractivity contribution in [2.24, 2.45) is 0 Å². The van der Waals surface area contributed by atoms with Crippen LogP contribution in [0.4, 0.5) is 5.69 Å². The van der Waals surface area contributed by atoms with E-state index in [-0.39, 0.29) is 12.5 Å². The Labute approximate surface area is 108 Å². The number of aliphatic hydroxyl groups excluding tert-OH is 1. The Kier molecular flexibility index (Phi) is 5.96. The van der Waals surface area contributed by atoms with Crippen LogP contribution in [0.1, 0.15) is 37.3 Å². The Bertz CT molecular complexity index is 469. The van der Waals surface area contributed by atoms with Gasteiger partial charge in [-0.05, 0) is 31.0 Å². The number of hydrogen-bond acceptors (Lipinski definition) is 2. The second-order valence-electron chi connectivity index (χ2n) is 4.16. The summed E-state index contributed by atoms with van der Waals surface area (Å²) >= 11 is 0. The molecule has 0 unspecified atom stereocenters. The number of nitrogens with one attached hydrogen (secondary N) is 1. The van der Waals surface area contributed by atoms with Gasteiger partial charge in [0.25, 0.3) is 0 Å². The normalized spacial score (nSPS) is 9.50. The summed E-state index contributed by atoms with van der Waals surface area (Å²) in [5.41, 5.74) is 2.53. The second kappa shape index (κ2) is 7.52. The lowest BCUT2D eigenvalue weighted by Crippen LogP contribution is -2.12. The summed E-state index contributed by atoms with van der Waals surface area (Å²) in [5, 5.41) is 11.6. The monoisotopic (exact) mass is 245 g/mol. The van der Waals surface area contributed by atoms with Gasteiger partial charge in [-0.1, -0.05) is 31.3 Å². The van der Waals surface area contributed by atoms with E-state index >= 15 is 0 Å². The summed E-state index contributed by atoms with van der Waals surface area (Å²) in [6.45, 7) is 3.83. The molecule has 1 rings (SSSR count). The molecule has 0 aromatic heterocycles. The summed E-state index contributed by atoms with van der Waals surface area (Å²) in [6, 6.07) is 5.68. The van der Waals surface area contributed by atoms with Gasteiger partial charge in [0.2, 0.25) is 5.91 Å². The molecule has 0 saturated carbocycles. The number of rotatable bonds is 4. The molecule has 1 aromatic carbocycles. The molecule has 0 heterocycles. The number of aryl methyl sites for hydroxylation is 1. The molecule has 0 fully saturated rings. The van der Waals surface area contributed by atoms with E-state index in [1.807, 2.05) is 25.1 Å². The molecule has 0 bridgehead atoms. The predicted molar refractivity (Wildman–Crippen MR) is 73.3 cm³/mol. The van der Waals surface area contributed by atoms with Crippen LogP contribution in [0, 0.1) is 18.8 Å². The highest BCUT2D eigenvalue weighted by Gasteiger charge is 2.05. The quantitative estimate of drug-likeness (QED) is 0.801. The first-order valence-corrected chi connectivity index (χ1v) is 6.17. The number of hydrogen-bond donors (Lipinski definition) is 2. The van der Waals surface area contributed by atoms with Gasteiger partial charge in [-0.25, -0.2) is 0 Å². The molecule has 1 amide bonds. The maximum absolute atomic E-state index is 11.7. The highest BCUT2D eigenvalue weighted by molar-refractivity contribution is 5.92. The molecule has 3 nitrogen and oxygen atoms in total. The van der Waals surface area contributed by atoms with Gasteiger partial charge in [0, 0.05) is 12.0 Å². The lowest BCUT2D eigenvalue weighted by molar-refractivity contribution is -0.116. The van der Waals surface area contributed by atoms with E-state index in [4.69, 9.17) is 5.11 Å². The van der Waals surface area contributed by atoms with Gasteiger partial charge >= 0.3 is 0 Å². The molecular weight excluding hydrogens is 226 g/mol. The van der Waals surface area contributed by atoms with Crippen LogP contribution in [0.25, 0.3) is 0 Å². The second-order valence-corrected chi connectivity index (χ2v) is 4.16. The Morgan fingerprint density at radius 2 is 2.22 bits per heavy atom. The van der Waals surface area contributed by atoms with Crippen LogP contribution in [0.15, 0.2) is 18.2 Å². The Hall–Kier alpha value is -1.79. The standard InChI is InChI=1S/C15H19NO2/c1-3-4-7-15(18)16-14-9-8-12(2)11-13(14)6-5-10-17/h8-9,11,17H,3-4,7,10H2,1-2H3,(H,16,18). The van der Waals surface area contributed by atoms with Crippen LogP contribution in [0.3, 0.4) is 0 Å². The zero-order valence-electron chi connectivity index (χ0n) is 10.9. The number of amides is 1. The third-order valence-electron chi connectivity index (χ3n) is 2.51. The van der Waals surface area contributed by atoms with Gasteiger partial charge in [-0.15, -0.1) is 0 Å². The first-order valence-electron chi connectivity index (χ1n) is 6.17. The van der Waals surface area contributed by atoms with Crippen molar-refractivity contribution < 1.29 is 9.90 Å². The number of carbonyl (C=O) groups is 1. The van der Waals surface area contributed by atoms with Crippen molar-refractivity contribution in [3.8, 4) is 11.8 Å². The summed E-state index contributed by atoms with van der Waals surface area (Å²) in [5.74, 6) is 5.46. The first kappa shape index (κ1) is 14.3. The molecule has 0 saturated heterocycles. The molecular formula is C15H19NO2. The van der Waals surface area contributed by atoms with Crippen molar-refractivity contribution in [2.45, 2.75) is 33.1 Å². The van der Waals surface area contributed by atoms with Gasteiger partial charge < -0.3 is 10.4 Å². The fourth-order valence-electron chi connectivity index (χ4n) is 1.56. The largest absolute Gasteiger partial charge is 0.384 e. The SMILES string of the molecule is CCCCC(=O)Nc1ccc(C)cc1C#CCO. The highest BCUT2D eigenvalue weighted by Crippen LogP contribution is 2.17. The first-order chi connectivity index (χ1) is 8.67. The fraction of sp³-hybridized carbons (Fsp3) is 0.400. The maximum atomic E-state index is 11.7. The molecule has 3 heteroatoms. The fourth-order valence-corrected chi connectivity index (χ4v) is 1.56. The van der Waals surface area contributed by atoms with Gasteiger partial charge in [-0.3, -0.25) is 4.79 Å². The van der Waals surface area contributed by atoms with E-state index < -0.39 is 0 Å². The van der Waals surface area contributed by atoms with Crippen LogP contribution in [0.5, 0.6) is 0 Å². The zero-order valence-corrected chi connectivity index (χ0v) is 10.9. The Morgan fingerprint density at radius 3 is 2.89 bits per heavy atom. The van der Waals surface area contributed by atoms with Crippen molar-refractivity contribution in [3.63, 3.8) is 0 Å². The van der Waals surface area contributed by atoms with E-state index in [0.717, 1.165) is 24.0 Å². The van der Waals surface area contributed by atoms with Gasteiger partial charge in [0.15, 0.2) is 0 Å². The molecule has 0 aliphatic heterocycles. The molecule has 0 aliphatic rings. The zero-order chi connectivity index (χ0) is 13.4.